The van der Waals surface area contributed by atoms with Crippen LogP contribution in [0.1, 0.15) is 17.0 Å². The largest absolute Gasteiger partial charge is 0.461 e. The van der Waals surface area contributed by atoms with Gasteiger partial charge in [-0.2, -0.15) is 0 Å². The Hall–Kier alpha value is -2.67. The molecule has 0 fully saturated rings. The fourth-order valence-corrected chi connectivity index (χ4v) is 2.99. The van der Waals surface area contributed by atoms with Crippen molar-refractivity contribution in [3.63, 3.8) is 0 Å². The predicted molar refractivity (Wildman–Crippen MR) is 88.6 cm³/mol. The molecule has 124 valence electrons. The highest BCUT2D eigenvalue weighted by atomic mass is 16.5. The fourth-order valence-electron chi connectivity index (χ4n) is 2.99. The van der Waals surface area contributed by atoms with Gasteiger partial charge in [0.1, 0.15) is 17.8 Å². The van der Waals surface area contributed by atoms with Crippen LogP contribution in [0.25, 0.3) is 11.6 Å². The molecule has 0 aromatic carbocycles. The number of anilines is 1. The monoisotopic (exact) mass is 325 g/mol. The van der Waals surface area contributed by atoms with Crippen molar-refractivity contribution in [1.82, 2.24) is 20.4 Å². The third-order valence-electron chi connectivity index (χ3n) is 4.15. The molecule has 1 aliphatic heterocycles. The Morgan fingerprint density at radius 3 is 2.88 bits per heavy atom. The van der Waals surface area contributed by atoms with Gasteiger partial charge >= 0.3 is 0 Å². The number of hydrogen-bond acceptors (Lipinski definition) is 7. The molecule has 4 rings (SSSR count). The van der Waals surface area contributed by atoms with Gasteiger partial charge in [0.25, 0.3) is 0 Å². The molecule has 0 saturated carbocycles. The van der Waals surface area contributed by atoms with Crippen LogP contribution in [0.2, 0.25) is 0 Å². The maximum absolute atomic E-state index is 5.50. The van der Waals surface area contributed by atoms with Gasteiger partial charge in [-0.1, -0.05) is 5.16 Å². The molecule has 0 atom stereocenters. The average molecular weight is 325 g/mol. The lowest BCUT2D eigenvalue weighted by Gasteiger charge is -2.21. The van der Waals surface area contributed by atoms with Crippen molar-refractivity contribution in [2.45, 2.75) is 19.4 Å². The van der Waals surface area contributed by atoms with Gasteiger partial charge in [-0.3, -0.25) is 0 Å². The Morgan fingerprint density at radius 2 is 2.08 bits per heavy atom. The first kappa shape index (κ1) is 14.9. The number of nitrogens with one attached hydrogen (secondary N) is 1. The van der Waals surface area contributed by atoms with Crippen molar-refractivity contribution >= 4 is 5.82 Å². The number of furan rings is 1. The van der Waals surface area contributed by atoms with Crippen molar-refractivity contribution in [2.75, 3.05) is 25.0 Å². The highest BCUT2D eigenvalue weighted by molar-refractivity contribution is 5.57. The van der Waals surface area contributed by atoms with E-state index in [0.717, 1.165) is 43.1 Å². The standard InChI is InChI=1S/C17H19N5O2/c1-22(11-12-6-10-24-21-12)17-13-4-7-18-8-5-14(13)19-16(20-17)15-3-2-9-23-15/h2-3,6,9-10,18H,4-5,7-8,11H2,1H3. The normalized spacial score (nSPS) is 14.2. The minimum atomic E-state index is 0.627. The molecule has 0 unspecified atom stereocenters. The predicted octanol–water partition coefficient (Wildman–Crippen LogP) is 2.05. The fraction of sp³-hybridized carbons (Fsp3) is 0.353. The molecule has 3 aromatic rings. The van der Waals surface area contributed by atoms with Crippen LogP contribution in [0.15, 0.2) is 39.7 Å². The molecule has 0 bridgehead atoms. The lowest BCUT2D eigenvalue weighted by Crippen LogP contribution is -2.22. The number of hydrogen-bond donors (Lipinski definition) is 1. The van der Waals surface area contributed by atoms with Crippen LogP contribution in [0.3, 0.4) is 0 Å². The molecule has 4 heterocycles. The van der Waals surface area contributed by atoms with Gasteiger partial charge in [0, 0.05) is 31.6 Å². The van der Waals surface area contributed by atoms with Crippen molar-refractivity contribution in [3.05, 3.63) is 47.7 Å². The maximum Gasteiger partial charge on any atom is 0.197 e. The van der Waals surface area contributed by atoms with Gasteiger partial charge in [-0.05, 0) is 25.1 Å². The summed E-state index contributed by atoms with van der Waals surface area (Å²) in [4.78, 5) is 11.6. The zero-order valence-electron chi connectivity index (χ0n) is 13.5. The summed E-state index contributed by atoms with van der Waals surface area (Å²) < 4.78 is 10.4. The lowest BCUT2D eigenvalue weighted by atomic mass is 10.1. The van der Waals surface area contributed by atoms with Crippen LogP contribution in [0.4, 0.5) is 5.82 Å². The SMILES string of the molecule is CN(Cc1ccon1)c1nc(-c2ccco2)nc2c1CCNCC2. The Labute approximate surface area is 139 Å². The zero-order valence-corrected chi connectivity index (χ0v) is 13.5. The molecule has 0 aliphatic carbocycles. The van der Waals surface area contributed by atoms with Crippen molar-refractivity contribution in [3.8, 4) is 11.6 Å². The first-order valence-corrected chi connectivity index (χ1v) is 8.06. The van der Waals surface area contributed by atoms with E-state index in [4.69, 9.17) is 18.9 Å². The molecule has 7 heteroatoms. The van der Waals surface area contributed by atoms with E-state index in [2.05, 4.69) is 15.4 Å². The minimum Gasteiger partial charge on any atom is -0.461 e. The van der Waals surface area contributed by atoms with E-state index in [1.807, 2.05) is 25.2 Å². The molecule has 0 saturated heterocycles. The summed E-state index contributed by atoms with van der Waals surface area (Å²) in [5.74, 6) is 2.24. The second-order valence-electron chi connectivity index (χ2n) is 5.87. The van der Waals surface area contributed by atoms with E-state index in [1.165, 1.54) is 5.56 Å². The molecule has 3 aromatic heterocycles. The van der Waals surface area contributed by atoms with E-state index in [9.17, 15) is 0 Å². The molecule has 7 nitrogen and oxygen atoms in total. The maximum atomic E-state index is 5.50. The Morgan fingerprint density at radius 1 is 1.17 bits per heavy atom. The third-order valence-corrected chi connectivity index (χ3v) is 4.15. The molecule has 1 N–H and O–H groups in total. The quantitative estimate of drug-likeness (QED) is 0.786. The Bertz CT molecular complexity index is 799. The number of aromatic nitrogens is 3. The first-order chi connectivity index (χ1) is 11.8. The van der Waals surface area contributed by atoms with Gasteiger partial charge in [-0.15, -0.1) is 0 Å². The van der Waals surface area contributed by atoms with Gasteiger partial charge in [0.15, 0.2) is 11.6 Å². The zero-order chi connectivity index (χ0) is 16.4. The molecular formula is C17H19N5O2. The van der Waals surface area contributed by atoms with Gasteiger partial charge in [0.2, 0.25) is 0 Å². The summed E-state index contributed by atoms with van der Waals surface area (Å²) in [6, 6.07) is 5.61. The van der Waals surface area contributed by atoms with Crippen LogP contribution >= 0.6 is 0 Å². The van der Waals surface area contributed by atoms with Gasteiger partial charge < -0.3 is 19.2 Å². The molecule has 0 amide bonds. The lowest BCUT2D eigenvalue weighted by molar-refractivity contribution is 0.411. The summed E-state index contributed by atoms with van der Waals surface area (Å²) in [6.45, 7) is 2.49. The van der Waals surface area contributed by atoms with E-state index < -0.39 is 0 Å². The van der Waals surface area contributed by atoms with E-state index in [1.54, 1.807) is 12.5 Å². The number of fused-ring (bicyclic) bond motifs is 1. The highest BCUT2D eigenvalue weighted by Crippen LogP contribution is 2.27. The average Bonchev–Trinajstić information content (AvgIpc) is 3.24. The third kappa shape index (κ3) is 2.90. The smallest absolute Gasteiger partial charge is 0.197 e. The molecule has 0 spiro atoms. The van der Waals surface area contributed by atoms with Gasteiger partial charge in [-0.25, -0.2) is 9.97 Å². The molecule has 1 aliphatic rings. The van der Waals surface area contributed by atoms with E-state index >= 15 is 0 Å². The topological polar surface area (TPSA) is 80.2 Å². The summed E-state index contributed by atoms with van der Waals surface area (Å²) in [5.41, 5.74) is 3.15. The van der Waals surface area contributed by atoms with Crippen molar-refractivity contribution < 1.29 is 8.94 Å². The second-order valence-corrected chi connectivity index (χ2v) is 5.87. The second kappa shape index (κ2) is 6.45. The minimum absolute atomic E-state index is 0.627. The highest BCUT2D eigenvalue weighted by Gasteiger charge is 2.21. The molecular weight excluding hydrogens is 306 g/mol. The van der Waals surface area contributed by atoms with Crippen LogP contribution in [0.5, 0.6) is 0 Å². The van der Waals surface area contributed by atoms with Crippen LogP contribution < -0.4 is 10.2 Å². The van der Waals surface area contributed by atoms with E-state index in [-0.39, 0.29) is 0 Å². The van der Waals surface area contributed by atoms with Gasteiger partial charge in [0.05, 0.1) is 18.5 Å². The molecule has 0 radical (unpaired) electrons. The van der Waals surface area contributed by atoms with E-state index in [0.29, 0.717) is 18.1 Å². The Kier molecular flexibility index (Phi) is 4.00. The molecule has 24 heavy (non-hydrogen) atoms. The Balaban J connectivity index is 1.76. The van der Waals surface area contributed by atoms with Crippen LogP contribution in [-0.2, 0) is 19.4 Å². The van der Waals surface area contributed by atoms with Crippen LogP contribution in [-0.4, -0.2) is 35.3 Å². The van der Waals surface area contributed by atoms with Crippen LogP contribution in [0, 0.1) is 0 Å². The summed E-state index contributed by atoms with van der Waals surface area (Å²) in [7, 11) is 2.02. The van der Waals surface area contributed by atoms with Crippen molar-refractivity contribution in [2.24, 2.45) is 0 Å². The summed E-state index contributed by atoms with van der Waals surface area (Å²) in [5, 5.41) is 7.42. The van der Waals surface area contributed by atoms with Crippen molar-refractivity contribution in [1.29, 1.82) is 0 Å². The summed E-state index contributed by atoms with van der Waals surface area (Å²) >= 11 is 0. The number of rotatable bonds is 4. The first-order valence-electron chi connectivity index (χ1n) is 8.06. The number of nitrogens with zero attached hydrogens (tertiary/aromatic N) is 4. The summed E-state index contributed by atoms with van der Waals surface area (Å²) in [6.07, 6.45) is 5.02.